The van der Waals surface area contributed by atoms with Crippen molar-refractivity contribution >= 4 is 55.7 Å². The normalized spacial score (nSPS) is 19.3. The summed E-state index contributed by atoms with van der Waals surface area (Å²) in [5, 5.41) is 7.02. The van der Waals surface area contributed by atoms with Crippen LogP contribution >= 0.6 is 0 Å². The predicted molar refractivity (Wildman–Crippen MR) is 342 cm³/mol. The maximum absolute atomic E-state index is 13.0. The van der Waals surface area contributed by atoms with E-state index in [2.05, 4.69) is 152 Å². The van der Waals surface area contributed by atoms with E-state index < -0.39 is 61.5 Å². The molecule has 3 fully saturated rings. The Morgan fingerprint density at radius 1 is 0.640 bits per heavy atom. The van der Waals surface area contributed by atoms with E-state index in [0.717, 1.165) is 31.1 Å². The highest BCUT2D eigenvalue weighted by molar-refractivity contribution is 7.97. The van der Waals surface area contributed by atoms with E-state index in [9.17, 15) is 46.0 Å². The molecule has 0 saturated carbocycles. The minimum Gasteiger partial charge on any atom is -0.743 e. The van der Waals surface area contributed by atoms with E-state index in [4.69, 9.17) is 18.9 Å². The van der Waals surface area contributed by atoms with Crippen molar-refractivity contribution in [2.45, 2.75) is 204 Å². The second-order valence-electron chi connectivity index (χ2n) is 25.7. The minimum atomic E-state index is -5.86. The minimum absolute atomic E-state index is 0.0146. The molecule has 17 heteroatoms. The van der Waals surface area contributed by atoms with Crippen LogP contribution in [0, 0.1) is 28.1 Å². The number of halogens is 2. The van der Waals surface area contributed by atoms with Crippen LogP contribution in [0.4, 0.5) is 8.78 Å². The fourth-order valence-corrected chi connectivity index (χ4v) is 12.6. The summed E-state index contributed by atoms with van der Waals surface area (Å²) in [6, 6.07) is 52.6. The number of esters is 4. The van der Waals surface area contributed by atoms with Crippen LogP contribution < -0.4 is 0 Å². The van der Waals surface area contributed by atoms with Gasteiger partial charge in [-0.2, -0.15) is 8.78 Å². The smallest absolute Gasteiger partial charge is 0.369 e. The van der Waals surface area contributed by atoms with Crippen molar-refractivity contribution in [1.82, 2.24) is 0 Å². The van der Waals surface area contributed by atoms with Gasteiger partial charge in [0.1, 0.15) is 17.5 Å². The number of ether oxygens (including phenoxy) is 5. The molecule has 0 amide bonds. The monoisotopic (exact) mass is 1260 g/mol. The number of hydrogen-bond acceptors (Lipinski definition) is 13. The van der Waals surface area contributed by atoms with Crippen LogP contribution in [0.15, 0.2) is 166 Å². The summed E-state index contributed by atoms with van der Waals surface area (Å²) in [7, 11) is -5.87. The summed E-state index contributed by atoms with van der Waals surface area (Å²) in [5.74, 6) is -0.351. The summed E-state index contributed by atoms with van der Waals surface area (Å²) in [6.45, 7) is 25.4. The molecule has 3 heterocycles. The van der Waals surface area contributed by atoms with Crippen molar-refractivity contribution in [3.05, 3.63) is 168 Å². The molecule has 0 aromatic heterocycles. The third-order valence-corrected chi connectivity index (χ3v) is 21.0. The Morgan fingerprint density at radius 2 is 1.09 bits per heavy atom. The fourth-order valence-electron chi connectivity index (χ4n) is 10.1. The molecular formula is C72H90F2O13S2. The lowest BCUT2D eigenvalue weighted by Gasteiger charge is -2.34. The Morgan fingerprint density at radius 3 is 1.56 bits per heavy atom. The Labute approximate surface area is 528 Å². The van der Waals surface area contributed by atoms with Gasteiger partial charge < -0.3 is 33.3 Å². The summed E-state index contributed by atoms with van der Waals surface area (Å²) in [5.41, 5.74) is 1.83. The lowest BCUT2D eigenvalue weighted by Crippen LogP contribution is -2.44. The zero-order valence-electron chi connectivity index (χ0n) is 53.9. The lowest BCUT2D eigenvalue weighted by atomic mass is 9.86. The molecule has 1 aliphatic carbocycles. The van der Waals surface area contributed by atoms with Gasteiger partial charge in [0.2, 0.25) is 0 Å². The Balaban J connectivity index is 0.000000178. The van der Waals surface area contributed by atoms with E-state index in [0.29, 0.717) is 43.8 Å². The molecule has 89 heavy (non-hydrogen) atoms. The maximum atomic E-state index is 13.0. The first-order chi connectivity index (χ1) is 41.7. The van der Waals surface area contributed by atoms with Crippen LogP contribution in [0.3, 0.4) is 0 Å². The summed E-state index contributed by atoms with van der Waals surface area (Å²) < 4.78 is 83.6. The number of benzene rings is 6. The van der Waals surface area contributed by atoms with Crippen molar-refractivity contribution < 1.29 is 69.7 Å². The van der Waals surface area contributed by atoms with Gasteiger partial charge in [0.05, 0.1) is 39.2 Å². The predicted octanol–water partition coefficient (Wildman–Crippen LogP) is 15.5. The number of fused-ring (bicyclic) bond motifs is 3. The number of hydrogen-bond donors (Lipinski definition) is 1. The first-order valence-corrected chi connectivity index (χ1v) is 33.4. The van der Waals surface area contributed by atoms with Gasteiger partial charge in [-0.3, -0.25) is 19.2 Å². The molecule has 0 spiro atoms. The molecule has 7 unspecified atom stereocenters. The summed E-state index contributed by atoms with van der Waals surface area (Å²) in [6.07, 6.45) is 2.11. The Kier molecular flexibility index (Phi) is 24.1. The number of phenolic OH excluding ortho intramolecular Hbond substituents is 1. The fraction of sp³-hybridized carbons (Fsp3) is 0.472. The number of carbonyl (C=O) groups is 4. The van der Waals surface area contributed by atoms with Gasteiger partial charge in [-0.15, -0.1) is 0 Å². The van der Waals surface area contributed by atoms with Gasteiger partial charge in [-0.1, -0.05) is 138 Å². The van der Waals surface area contributed by atoms with Crippen LogP contribution in [0.1, 0.15) is 152 Å². The third-order valence-electron chi connectivity index (χ3n) is 17.8. The van der Waals surface area contributed by atoms with E-state index in [-0.39, 0.29) is 46.9 Å². The third kappa shape index (κ3) is 17.9. The first kappa shape index (κ1) is 71.4. The lowest BCUT2D eigenvalue weighted by molar-refractivity contribution is -0.172. The second-order valence-corrected chi connectivity index (χ2v) is 29.2. The van der Waals surface area contributed by atoms with Crippen LogP contribution in [0.25, 0.3) is 10.8 Å². The Hall–Kier alpha value is -6.66. The van der Waals surface area contributed by atoms with Crippen LogP contribution in [0.5, 0.6) is 5.75 Å². The molecule has 1 N–H and O–H groups in total. The van der Waals surface area contributed by atoms with Gasteiger partial charge in [0, 0.05) is 5.92 Å². The highest BCUT2D eigenvalue weighted by Gasteiger charge is 2.65. The average molecular weight is 1270 g/mol. The van der Waals surface area contributed by atoms with Gasteiger partial charge in [-0.25, -0.2) is 8.42 Å². The van der Waals surface area contributed by atoms with E-state index in [1.807, 2.05) is 61.5 Å². The number of alkyl halides is 2. The molecule has 0 radical (unpaired) electrons. The van der Waals surface area contributed by atoms with Crippen LogP contribution in [0.2, 0.25) is 0 Å². The quantitative estimate of drug-likeness (QED) is 0.0393. The zero-order valence-corrected chi connectivity index (χ0v) is 55.6. The van der Waals surface area contributed by atoms with Crippen molar-refractivity contribution in [3.8, 4) is 5.75 Å². The Bertz CT molecular complexity index is 3330. The molecule has 7 atom stereocenters. The molecule has 10 rings (SSSR count). The van der Waals surface area contributed by atoms with Crippen molar-refractivity contribution in [2.24, 2.45) is 28.1 Å². The van der Waals surface area contributed by atoms with Gasteiger partial charge >= 0.3 is 29.1 Å². The average Bonchev–Trinajstić information content (AvgIpc) is 2.42. The van der Waals surface area contributed by atoms with E-state index >= 15 is 0 Å². The van der Waals surface area contributed by atoms with Gasteiger partial charge in [-0.05, 0) is 189 Å². The molecule has 6 aromatic carbocycles. The van der Waals surface area contributed by atoms with Crippen LogP contribution in [-0.4, -0.2) is 83.3 Å². The molecular weight excluding hydrogens is 1170 g/mol. The number of aromatic hydroxyl groups is 1. The number of rotatable bonds is 17. The topological polar surface area (TPSA) is 192 Å². The molecule has 13 nitrogen and oxygen atoms in total. The van der Waals surface area contributed by atoms with E-state index in [1.165, 1.54) is 50.6 Å². The highest BCUT2D eigenvalue weighted by Crippen LogP contribution is 2.48. The standard InChI is InChI=1S/C18H26O2.C18H15S.C14H16O.C13H18O5.C9H16F2O5S/c1-6-17(2,3)16(19)20-18(4,5)15-11-13-9-7-8-10-14(13)12-15;1-4-10-16(11-5-1)19(17-12-6-2-7-13-17)18-14-8-3-9-15-18;1-3-10(2)11-4-5-13-9-14(15)7-6-12(13)8-11;1-4-13(2,3)12(15)18-9-7-5-6-8(16-7)10(9)17-11(6)14;1-5-8(3,4)7(12)16-6(2)9(10,11)17(13,14)15/h7-10,15H,6,11-12H2,1-5H3;1-15H;4-10,15H,3H2,1-2H3;6-10H,4-5H2,1-3H3;6H,5H2,1-4H3,(H,13,14,15)/q;+1;;;/p-1. The molecule has 2 bridgehead atoms. The molecule has 482 valence electrons. The molecule has 3 aliphatic heterocycles. The molecule has 6 aromatic rings. The SMILES string of the molecule is CCC(C)(C)C(=O)OC(C)(C)C1Cc2ccccc2C1.CCC(C)(C)C(=O)OC(C)C(F)(F)S(=O)(=O)[O-].CCC(C)(C)C(=O)OC1C2CC3C(=O)OC1C3O2.CCC(C)c1ccc2cc(O)ccc2c1.c1ccc([S+](c2ccccc2)c2ccccc2)cc1. The van der Waals surface area contributed by atoms with Crippen LogP contribution in [-0.2, 0) is 76.7 Å². The van der Waals surface area contributed by atoms with Gasteiger partial charge in [0.15, 0.2) is 43.1 Å². The first-order valence-electron chi connectivity index (χ1n) is 30.7. The zero-order chi connectivity index (χ0) is 65.9. The number of carbonyl (C=O) groups excluding carboxylic acids is 4. The summed E-state index contributed by atoms with van der Waals surface area (Å²) in [4.78, 5) is 51.4. The van der Waals surface area contributed by atoms with E-state index in [1.54, 1.807) is 19.1 Å². The molecule has 3 saturated heterocycles. The van der Waals surface area contributed by atoms with Crippen molar-refractivity contribution in [2.75, 3.05) is 0 Å². The second kappa shape index (κ2) is 30.0. The molecule has 4 aliphatic rings. The maximum Gasteiger partial charge on any atom is 0.369 e. The van der Waals surface area contributed by atoms with Crippen molar-refractivity contribution in [3.63, 3.8) is 0 Å². The van der Waals surface area contributed by atoms with Gasteiger partial charge in [0.25, 0.3) is 0 Å². The number of phenols is 1. The largest absolute Gasteiger partial charge is 0.743 e. The highest BCUT2D eigenvalue weighted by atomic mass is 32.2. The van der Waals surface area contributed by atoms with Crippen molar-refractivity contribution in [1.29, 1.82) is 0 Å². The summed E-state index contributed by atoms with van der Waals surface area (Å²) >= 11 is 0.